The number of rotatable bonds is 3. The van der Waals surface area contributed by atoms with Gasteiger partial charge in [-0.25, -0.2) is 12.8 Å². The first kappa shape index (κ1) is 14.2. The van der Waals surface area contributed by atoms with Gasteiger partial charge < -0.3 is 5.32 Å². The molecule has 1 amide bonds. The van der Waals surface area contributed by atoms with E-state index in [2.05, 4.69) is 5.32 Å². The zero-order chi connectivity index (χ0) is 14.8. The molecule has 0 heterocycles. The first-order valence-electron chi connectivity index (χ1n) is 5.73. The molecule has 0 spiro atoms. The highest BCUT2D eigenvalue weighted by Crippen LogP contribution is 2.16. The van der Waals surface area contributed by atoms with Crippen molar-refractivity contribution < 1.29 is 17.6 Å². The SMILES string of the molecule is CS(=O)(=O)c1cccc(NC(=O)c2cccc(F)c2)c1. The van der Waals surface area contributed by atoms with Crippen LogP contribution in [0.1, 0.15) is 10.4 Å². The van der Waals surface area contributed by atoms with Crippen molar-refractivity contribution in [2.75, 3.05) is 11.6 Å². The quantitative estimate of drug-likeness (QED) is 0.945. The molecule has 0 atom stereocenters. The minimum absolute atomic E-state index is 0.106. The average Bonchev–Trinajstić information content (AvgIpc) is 2.38. The molecule has 0 aliphatic heterocycles. The summed E-state index contributed by atoms with van der Waals surface area (Å²) in [5.74, 6) is -1.02. The fourth-order valence-electron chi connectivity index (χ4n) is 1.64. The molecule has 0 fully saturated rings. The highest BCUT2D eigenvalue weighted by Gasteiger charge is 2.10. The first-order chi connectivity index (χ1) is 9.36. The molecule has 0 saturated heterocycles. The molecule has 0 aliphatic rings. The maximum atomic E-state index is 13.0. The maximum Gasteiger partial charge on any atom is 0.255 e. The van der Waals surface area contributed by atoms with Crippen LogP contribution >= 0.6 is 0 Å². The lowest BCUT2D eigenvalue weighted by Gasteiger charge is -2.07. The van der Waals surface area contributed by atoms with Crippen LogP contribution < -0.4 is 5.32 Å². The van der Waals surface area contributed by atoms with E-state index in [9.17, 15) is 17.6 Å². The Labute approximate surface area is 116 Å². The van der Waals surface area contributed by atoms with E-state index in [0.717, 1.165) is 12.3 Å². The summed E-state index contributed by atoms with van der Waals surface area (Å²) in [7, 11) is -3.34. The average molecular weight is 293 g/mol. The van der Waals surface area contributed by atoms with Crippen LogP contribution in [-0.4, -0.2) is 20.6 Å². The third-order valence-electron chi connectivity index (χ3n) is 2.61. The second-order valence-corrected chi connectivity index (χ2v) is 6.28. The van der Waals surface area contributed by atoms with E-state index in [1.54, 1.807) is 6.07 Å². The molecule has 0 saturated carbocycles. The van der Waals surface area contributed by atoms with Gasteiger partial charge in [0.2, 0.25) is 0 Å². The van der Waals surface area contributed by atoms with Gasteiger partial charge in [0.25, 0.3) is 5.91 Å². The fourth-order valence-corrected chi connectivity index (χ4v) is 2.30. The van der Waals surface area contributed by atoms with Gasteiger partial charge in [-0.3, -0.25) is 4.79 Å². The molecule has 0 unspecified atom stereocenters. The standard InChI is InChI=1S/C14H12FNO3S/c1-20(18,19)13-7-3-6-12(9-13)16-14(17)10-4-2-5-11(15)8-10/h2-9H,1H3,(H,16,17). The summed E-state index contributed by atoms with van der Waals surface area (Å²) in [5, 5.41) is 2.53. The maximum absolute atomic E-state index is 13.0. The summed E-state index contributed by atoms with van der Waals surface area (Å²) in [5.41, 5.74) is 0.497. The van der Waals surface area contributed by atoms with Crippen molar-refractivity contribution >= 4 is 21.4 Å². The topological polar surface area (TPSA) is 63.2 Å². The van der Waals surface area contributed by atoms with Gasteiger partial charge in [0.1, 0.15) is 5.82 Å². The van der Waals surface area contributed by atoms with Gasteiger partial charge in [-0.05, 0) is 36.4 Å². The van der Waals surface area contributed by atoms with E-state index < -0.39 is 21.6 Å². The number of nitrogens with one attached hydrogen (secondary N) is 1. The Morgan fingerprint density at radius 2 is 1.80 bits per heavy atom. The van der Waals surface area contributed by atoms with Crippen molar-refractivity contribution in [3.05, 3.63) is 59.9 Å². The number of carbonyl (C=O) groups excluding carboxylic acids is 1. The van der Waals surface area contributed by atoms with Gasteiger partial charge in [-0.2, -0.15) is 0 Å². The van der Waals surface area contributed by atoms with Crippen molar-refractivity contribution in [1.82, 2.24) is 0 Å². The van der Waals surface area contributed by atoms with Crippen molar-refractivity contribution in [1.29, 1.82) is 0 Å². The van der Waals surface area contributed by atoms with Gasteiger partial charge in [-0.1, -0.05) is 12.1 Å². The van der Waals surface area contributed by atoms with Gasteiger partial charge in [-0.15, -0.1) is 0 Å². The molecule has 0 radical (unpaired) electrons. The lowest BCUT2D eigenvalue weighted by molar-refractivity contribution is 0.102. The van der Waals surface area contributed by atoms with Crippen LogP contribution in [0, 0.1) is 5.82 Å². The predicted molar refractivity (Wildman–Crippen MR) is 73.9 cm³/mol. The van der Waals surface area contributed by atoms with Crippen LogP contribution in [0.25, 0.3) is 0 Å². The van der Waals surface area contributed by atoms with Gasteiger partial charge in [0.15, 0.2) is 9.84 Å². The van der Waals surface area contributed by atoms with Crippen LogP contribution in [0.15, 0.2) is 53.4 Å². The lowest BCUT2D eigenvalue weighted by Crippen LogP contribution is -2.12. The third-order valence-corrected chi connectivity index (χ3v) is 3.72. The second-order valence-electron chi connectivity index (χ2n) is 4.26. The number of hydrogen-bond donors (Lipinski definition) is 1. The van der Waals surface area contributed by atoms with Crippen LogP contribution in [0.4, 0.5) is 10.1 Å². The van der Waals surface area contributed by atoms with Crippen LogP contribution in [0.3, 0.4) is 0 Å². The van der Waals surface area contributed by atoms with Crippen LogP contribution in [-0.2, 0) is 9.84 Å². The number of carbonyl (C=O) groups is 1. The van der Waals surface area contributed by atoms with Crippen LogP contribution in [0.5, 0.6) is 0 Å². The van der Waals surface area contributed by atoms with Crippen molar-refractivity contribution in [2.45, 2.75) is 4.90 Å². The molecule has 1 N–H and O–H groups in total. The number of hydrogen-bond acceptors (Lipinski definition) is 3. The van der Waals surface area contributed by atoms with E-state index >= 15 is 0 Å². The molecule has 6 heteroatoms. The summed E-state index contributed by atoms with van der Waals surface area (Å²) < 4.78 is 35.9. The summed E-state index contributed by atoms with van der Waals surface area (Å²) >= 11 is 0. The van der Waals surface area contributed by atoms with Gasteiger partial charge >= 0.3 is 0 Å². The molecule has 4 nitrogen and oxygen atoms in total. The molecular weight excluding hydrogens is 281 g/mol. The fraction of sp³-hybridized carbons (Fsp3) is 0.0714. The minimum Gasteiger partial charge on any atom is -0.322 e. The summed E-state index contributed by atoms with van der Waals surface area (Å²) in [6.45, 7) is 0. The largest absolute Gasteiger partial charge is 0.322 e. The molecule has 0 aromatic heterocycles. The number of benzene rings is 2. The Balaban J connectivity index is 2.25. The summed E-state index contributed by atoms with van der Waals surface area (Å²) in [6, 6.07) is 11.1. The summed E-state index contributed by atoms with van der Waals surface area (Å²) in [6.07, 6.45) is 1.08. The van der Waals surface area contributed by atoms with Crippen LogP contribution in [0.2, 0.25) is 0 Å². The zero-order valence-corrected chi connectivity index (χ0v) is 11.4. The lowest BCUT2D eigenvalue weighted by atomic mass is 10.2. The van der Waals surface area contributed by atoms with Gasteiger partial charge in [0.05, 0.1) is 4.90 Å². The van der Waals surface area contributed by atoms with E-state index in [1.807, 2.05) is 0 Å². The first-order valence-corrected chi connectivity index (χ1v) is 7.62. The number of anilines is 1. The smallest absolute Gasteiger partial charge is 0.255 e. The zero-order valence-electron chi connectivity index (χ0n) is 10.6. The Morgan fingerprint density at radius 1 is 1.10 bits per heavy atom. The molecule has 0 aliphatic carbocycles. The molecule has 104 valence electrons. The highest BCUT2D eigenvalue weighted by atomic mass is 32.2. The van der Waals surface area contributed by atoms with E-state index in [4.69, 9.17) is 0 Å². The van der Waals surface area contributed by atoms with Crippen molar-refractivity contribution in [2.24, 2.45) is 0 Å². The molecule has 2 aromatic rings. The third kappa shape index (κ3) is 3.42. The number of amides is 1. The Bertz CT molecular complexity index is 757. The molecule has 20 heavy (non-hydrogen) atoms. The highest BCUT2D eigenvalue weighted by molar-refractivity contribution is 7.90. The van der Waals surface area contributed by atoms with E-state index in [0.29, 0.717) is 5.69 Å². The Kier molecular flexibility index (Phi) is 3.85. The van der Waals surface area contributed by atoms with E-state index in [-0.39, 0.29) is 10.5 Å². The monoisotopic (exact) mass is 293 g/mol. The summed E-state index contributed by atoms with van der Waals surface area (Å²) in [4.78, 5) is 12.0. The normalized spacial score (nSPS) is 11.1. The number of halogens is 1. The Morgan fingerprint density at radius 3 is 2.45 bits per heavy atom. The van der Waals surface area contributed by atoms with Gasteiger partial charge in [0, 0.05) is 17.5 Å². The molecule has 0 bridgehead atoms. The molecule has 2 rings (SSSR count). The minimum atomic E-state index is -3.34. The molecule has 2 aromatic carbocycles. The molecular formula is C14H12FNO3S. The van der Waals surface area contributed by atoms with Crippen molar-refractivity contribution in [3.8, 4) is 0 Å². The second kappa shape index (κ2) is 5.42. The van der Waals surface area contributed by atoms with E-state index in [1.165, 1.54) is 36.4 Å². The number of sulfone groups is 1. The predicted octanol–water partition coefficient (Wildman–Crippen LogP) is 2.48. The Hall–Kier alpha value is -2.21. The van der Waals surface area contributed by atoms with Crippen molar-refractivity contribution in [3.63, 3.8) is 0 Å².